The van der Waals surface area contributed by atoms with Gasteiger partial charge in [0.05, 0.1) is 25.7 Å². The second-order valence-corrected chi connectivity index (χ2v) is 6.54. The highest BCUT2D eigenvalue weighted by Crippen LogP contribution is 2.02. The second kappa shape index (κ2) is 14.5. The quantitative estimate of drug-likeness (QED) is 0.0617. The van der Waals surface area contributed by atoms with Gasteiger partial charge in [0.15, 0.2) is 5.96 Å². The Labute approximate surface area is 182 Å². The van der Waals surface area contributed by atoms with Gasteiger partial charge in [-0.05, 0) is 12.8 Å². The Morgan fingerprint density at radius 2 is 1.31 bits per heavy atom. The van der Waals surface area contributed by atoms with Gasteiger partial charge in [0, 0.05) is 6.54 Å². The molecule has 0 radical (unpaired) electrons. The zero-order valence-electron chi connectivity index (χ0n) is 17.1. The molecule has 0 fully saturated rings. The molecule has 4 unspecified atom stereocenters. The van der Waals surface area contributed by atoms with E-state index in [4.69, 9.17) is 32.5 Å². The van der Waals surface area contributed by atoms with Crippen LogP contribution in [0.4, 0.5) is 0 Å². The molecule has 16 heteroatoms. The largest absolute Gasteiger partial charge is 0.481 e. The van der Waals surface area contributed by atoms with E-state index in [0.29, 0.717) is 0 Å². The molecule has 0 saturated heterocycles. The van der Waals surface area contributed by atoms with Crippen LogP contribution in [0.15, 0.2) is 4.99 Å². The van der Waals surface area contributed by atoms with Crippen molar-refractivity contribution in [2.45, 2.75) is 43.4 Å². The summed E-state index contributed by atoms with van der Waals surface area (Å²) in [6.45, 7) is -1.77. The maximum Gasteiger partial charge on any atom is 0.328 e. The highest BCUT2D eigenvalue weighted by atomic mass is 16.4. The van der Waals surface area contributed by atoms with E-state index in [1.54, 1.807) is 0 Å². The van der Waals surface area contributed by atoms with Gasteiger partial charge in [0.25, 0.3) is 0 Å². The van der Waals surface area contributed by atoms with Gasteiger partial charge >= 0.3 is 11.9 Å². The summed E-state index contributed by atoms with van der Waals surface area (Å²) in [6, 6.07) is -6.05. The fraction of sp³-hybridized carbons (Fsp3) is 0.625. The van der Waals surface area contributed by atoms with Gasteiger partial charge in [0.2, 0.25) is 17.7 Å². The van der Waals surface area contributed by atoms with Crippen LogP contribution < -0.4 is 33.2 Å². The topological polar surface area (TPSA) is 293 Å². The number of nitrogens with one attached hydrogen (secondary N) is 3. The molecule has 0 aliphatic heterocycles. The summed E-state index contributed by atoms with van der Waals surface area (Å²) < 4.78 is 0. The molecule has 0 spiro atoms. The van der Waals surface area contributed by atoms with Crippen LogP contribution in [0.25, 0.3) is 0 Å². The van der Waals surface area contributed by atoms with Gasteiger partial charge in [-0.1, -0.05) is 0 Å². The van der Waals surface area contributed by atoms with Crippen LogP contribution in [0.2, 0.25) is 0 Å². The minimum Gasteiger partial charge on any atom is -0.481 e. The number of rotatable bonds is 15. The van der Waals surface area contributed by atoms with Crippen molar-refractivity contribution >= 4 is 35.6 Å². The number of aliphatic carboxylic acids is 2. The number of nitrogens with two attached hydrogens (primary N) is 3. The summed E-state index contributed by atoms with van der Waals surface area (Å²) in [7, 11) is 0. The number of amides is 3. The van der Waals surface area contributed by atoms with Crippen LogP contribution in [0.1, 0.15) is 19.3 Å². The number of carbonyl (C=O) groups is 5. The van der Waals surface area contributed by atoms with E-state index in [-0.39, 0.29) is 25.3 Å². The van der Waals surface area contributed by atoms with Crippen molar-refractivity contribution in [2.24, 2.45) is 22.2 Å². The van der Waals surface area contributed by atoms with Gasteiger partial charge < -0.3 is 53.6 Å². The molecule has 0 aromatic carbocycles. The van der Waals surface area contributed by atoms with Crippen LogP contribution in [-0.4, -0.2) is 100.0 Å². The Hall–Kier alpha value is -3.50. The third-order valence-electron chi connectivity index (χ3n) is 3.92. The van der Waals surface area contributed by atoms with Crippen LogP contribution in [-0.2, 0) is 24.0 Å². The van der Waals surface area contributed by atoms with Crippen molar-refractivity contribution in [3.63, 3.8) is 0 Å². The first-order valence-corrected chi connectivity index (χ1v) is 9.31. The fourth-order valence-electron chi connectivity index (χ4n) is 2.26. The number of hydrogen-bond acceptors (Lipinski definition) is 9. The van der Waals surface area contributed by atoms with E-state index in [0.717, 1.165) is 0 Å². The molecule has 0 aromatic rings. The van der Waals surface area contributed by atoms with Crippen LogP contribution in [0.5, 0.6) is 0 Å². The molecule has 13 N–H and O–H groups in total. The molecule has 0 bridgehead atoms. The number of aliphatic imine (C=N–C) groups is 1. The molecule has 0 heterocycles. The smallest absolute Gasteiger partial charge is 0.328 e. The predicted octanol–water partition coefficient (Wildman–Crippen LogP) is -5.63. The zero-order chi connectivity index (χ0) is 24.8. The lowest BCUT2D eigenvalue weighted by Crippen LogP contribution is -2.58. The zero-order valence-corrected chi connectivity index (χ0v) is 17.1. The molecule has 3 amide bonds. The van der Waals surface area contributed by atoms with E-state index in [2.05, 4.69) is 15.6 Å². The van der Waals surface area contributed by atoms with Gasteiger partial charge in [-0.3, -0.25) is 24.2 Å². The fourth-order valence-corrected chi connectivity index (χ4v) is 2.26. The highest BCUT2D eigenvalue weighted by molar-refractivity contribution is 5.94. The van der Waals surface area contributed by atoms with Crippen LogP contribution in [0, 0.1) is 0 Å². The maximum atomic E-state index is 12.6. The van der Waals surface area contributed by atoms with Crippen molar-refractivity contribution in [3.05, 3.63) is 0 Å². The summed E-state index contributed by atoms with van der Waals surface area (Å²) in [5, 5.41) is 42.3. The molecule has 0 aliphatic carbocycles. The average molecular weight is 463 g/mol. The third kappa shape index (κ3) is 11.0. The number of nitrogens with zero attached hydrogens (tertiary/aromatic N) is 1. The summed E-state index contributed by atoms with van der Waals surface area (Å²) in [4.78, 5) is 62.2. The first kappa shape index (κ1) is 28.5. The van der Waals surface area contributed by atoms with Crippen LogP contribution in [0.3, 0.4) is 0 Å². The summed E-state index contributed by atoms with van der Waals surface area (Å²) in [5.41, 5.74) is 15.9. The monoisotopic (exact) mass is 463 g/mol. The molecular formula is C16H29N7O9. The van der Waals surface area contributed by atoms with E-state index < -0.39 is 73.5 Å². The SMILES string of the molecule is NC(N)=NCCCC(NC(=O)C(N)CC(=O)O)C(=O)NC(CO)C(=O)NC(CO)C(=O)O. The lowest BCUT2D eigenvalue weighted by molar-refractivity contribution is -0.143. The van der Waals surface area contributed by atoms with Gasteiger partial charge in [0.1, 0.15) is 18.1 Å². The Bertz CT molecular complexity index is 712. The van der Waals surface area contributed by atoms with Crippen molar-refractivity contribution in [1.82, 2.24) is 16.0 Å². The van der Waals surface area contributed by atoms with E-state index in [1.807, 2.05) is 5.32 Å². The molecule has 0 aromatic heterocycles. The number of aliphatic hydroxyl groups excluding tert-OH is 2. The standard InChI is InChI=1S/C16H29N7O9/c17-7(4-11(26)27)12(28)21-8(2-1-3-20-16(18)19)13(29)22-9(5-24)14(30)23-10(6-25)15(31)32/h7-10,24-25H,1-6,17H2,(H,21,28)(H,22,29)(H,23,30)(H,26,27)(H,31,32)(H4,18,19,20). The molecule has 0 aliphatic rings. The number of hydrogen-bond donors (Lipinski definition) is 10. The van der Waals surface area contributed by atoms with Crippen molar-refractivity contribution < 1.29 is 44.4 Å². The molecule has 16 nitrogen and oxygen atoms in total. The Morgan fingerprint density at radius 3 is 1.78 bits per heavy atom. The van der Waals surface area contributed by atoms with Crippen molar-refractivity contribution in [3.8, 4) is 0 Å². The maximum absolute atomic E-state index is 12.6. The van der Waals surface area contributed by atoms with Crippen LogP contribution >= 0.6 is 0 Å². The van der Waals surface area contributed by atoms with Crippen molar-refractivity contribution in [2.75, 3.05) is 19.8 Å². The van der Waals surface area contributed by atoms with E-state index in [9.17, 15) is 29.1 Å². The number of carboxylic acids is 2. The molecule has 4 atom stereocenters. The number of aliphatic hydroxyl groups is 2. The molecule has 0 rings (SSSR count). The summed E-state index contributed by atoms with van der Waals surface area (Å²) >= 11 is 0. The minimum atomic E-state index is -1.67. The van der Waals surface area contributed by atoms with E-state index in [1.165, 1.54) is 0 Å². The minimum absolute atomic E-state index is 0.0533. The Morgan fingerprint density at radius 1 is 0.812 bits per heavy atom. The molecule has 182 valence electrons. The normalized spacial score (nSPS) is 14.2. The first-order chi connectivity index (χ1) is 14.9. The second-order valence-electron chi connectivity index (χ2n) is 6.54. The molecule has 0 saturated carbocycles. The summed E-state index contributed by atoms with van der Waals surface area (Å²) in [5.74, 6) is -6.08. The molecule has 32 heavy (non-hydrogen) atoms. The van der Waals surface area contributed by atoms with Gasteiger partial charge in [-0.15, -0.1) is 0 Å². The highest BCUT2D eigenvalue weighted by Gasteiger charge is 2.30. The van der Waals surface area contributed by atoms with Crippen molar-refractivity contribution in [1.29, 1.82) is 0 Å². The lowest BCUT2D eigenvalue weighted by atomic mass is 10.1. The average Bonchev–Trinajstić information content (AvgIpc) is 2.70. The molecular weight excluding hydrogens is 434 g/mol. The first-order valence-electron chi connectivity index (χ1n) is 9.31. The lowest BCUT2D eigenvalue weighted by Gasteiger charge is -2.23. The number of guanidine groups is 1. The van der Waals surface area contributed by atoms with Gasteiger partial charge in [-0.2, -0.15) is 0 Å². The Kier molecular flexibility index (Phi) is 12.9. The third-order valence-corrected chi connectivity index (χ3v) is 3.92. The predicted molar refractivity (Wildman–Crippen MR) is 108 cm³/mol. The number of carboxylic acid groups (broad SMARTS) is 2. The summed E-state index contributed by atoms with van der Waals surface area (Å²) in [6.07, 6.45) is -0.568. The van der Waals surface area contributed by atoms with E-state index >= 15 is 0 Å². The Balaban J connectivity index is 5.29. The number of carbonyl (C=O) groups excluding carboxylic acids is 3. The van der Waals surface area contributed by atoms with Gasteiger partial charge in [-0.25, -0.2) is 4.79 Å².